The first-order valence-electron chi connectivity index (χ1n) is 8.28. The first kappa shape index (κ1) is 18.0. The molecule has 0 fully saturated rings. The molecule has 0 aromatic carbocycles. The molecule has 3 heterocycles. The van der Waals surface area contributed by atoms with Crippen LogP contribution in [0.5, 0.6) is 0 Å². The van der Waals surface area contributed by atoms with Crippen molar-refractivity contribution in [1.82, 2.24) is 24.8 Å². The number of thiophene rings is 1. The van der Waals surface area contributed by atoms with Crippen LogP contribution in [0, 0.1) is 0 Å². The molecule has 0 saturated heterocycles. The van der Waals surface area contributed by atoms with E-state index in [0.717, 1.165) is 13.1 Å². The number of nitrogens with zero attached hydrogens (tertiary/aromatic N) is 5. The van der Waals surface area contributed by atoms with Gasteiger partial charge in [-0.2, -0.15) is 15.0 Å². The molecule has 0 atom stereocenters. The first-order valence-corrected chi connectivity index (χ1v) is 9.16. The summed E-state index contributed by atoms with van der Waals surface area (Å²) in [5.74, 6) is 2.16. The van der Waals surface area contributed by atoms with Crippen LogP contribution in [0.25, 0.3) is 0 Å². The maximum absolute atomic E-state index is 4.45. The van der Waals surface area contributed by atoms with Gasteiger partial charge >= 0.3 is 0 Å². The molecule has 0 radical (unpaired) electrons. The minimum Gasteiger partial charge on any atom is -0.353 e. The molecular weight excluding hydrogens is 348 g/mol. The number of hydrogen-bond acceptors (Lipinski definition) is 9. The van der Waals surface area contributed by atoms with Crippen molar-refractivity contribution in [3.63, 3.8) is 0 Å². The average Bonchev–Trinajstić information content (AvgIpc) is 3.14. The van der Waals surface area contributed by atoms with Crippen molar-refractivity contribution >= 4 is 35.0 Å². The Hall–Kier alpha value is -2.78. The SMILES string of the molecule is CN(C)CCNc1nc(NCc2cccs2)nc(Nc2ccccn2)n1. The van der Waals surface area contributed by atoms with Gasteiger partial charge in [-0.3, -0.25) is 0 Å². The molecule has 0 aliphatic carbocycles. The standard InChI is InChI=1S/C17H22N8S/c1-25(2)10-9-19-15-22-16(20-12-13-6-5-11-26-13)24-17(23-15)21-14-7-3-4-8-18-14/h3-8,11H,9-10,12H2,1-2H3,(H3,18,19,20,21,22,23,24). The van der Waals surface area contributed by atoms with Gasteiger partial charge in [0.1, 0.15) is 5.82 Å². The van der Waals surface area contributed by atoms with E-state index >= 15 is 0 Å². The quantitative estimate of drug-likeness (QED) is 0.530. The zero-order valence-corrected chi connectivity index (χ0v) is 15.6. The van der Waals surface area contributed by atoms with E-state index in [9.17, 15) is 0 Å². The minimum atomic E-state index is 0.444. The van der Waals surface area contributed by atoms with E-state index in [1.54, 1.807) is 17.5 Å². The van der Waals surface area contributed by atoms with Crippen LogP contribution in [-0.2, 0) is 6.54 Å². The number of anilines is 4. The highest BCUT2D eigenvalue weighted by Crippen LogP contribution is 2.15. The van der Waals surface area contributed by atoms with Gasteiger partial charge in [0.2, 0.25) is 17.8 Å². The Balaban J connectivity index is 1.73. The van der Waals surface area contributed by atoms with E-state index in [1.165, 1.54) is 4.88 Å². The normalized spacial score (nSPS) is 10.7. The molecule has 0 amide bonds. The Morgan fingerprint density at radius 1 is 0.962 bits per heavy atom. The first-order chi connectivity index (χ1) is 12.7. The summed E-state index contributed by atoms with van der Waals surface area (Å²) in [6.07, 6.45) is 1.72. The van der Waals surface area contributed by atoms with Gasteiger partial charge in [-0.05, 0) is 37.7 Å². The second-order valence-corrected chi connectivity index (χ2v) is 6.84. The van der Waals surface area contributed by atoms with Crippen LogP contribution in [0.15, 0.2) is 41.9 Å². The number of pyridine rings is 1. The van der Waals surface area contributed by atoms with E-state index in [-0.39, 0.29) is 0 Å². The van der Waals surface area contributed by atoms with Gasteiger partial charge in [-0.15, -0.1) is 11.3 Å². The molecule has 0 unspecified atom stereocenters. The number of likely N-dealkylation sites (N-methyl/N-ethyl adjacent to an activating group) is 1. The lowest BCUT2D eigenvalue weighted by atomic mass is 10.4. The molecule has 26 heavy (non-hydrogen) atoms. The lowest BCUT2D eigenvalue weighted by molar-refractivity contribution is 0.425. The lowest BCUT2D eigenvalue weighted by Gasteiger charge is -2.12. The summed E-state index contributed by atoms with van der Waals surface area (Å²) >= 11 is 1.69. The van der Waals surface area contributed by atoms with Crippen molar-refractivity contribution in [3.05, 3.63) is 46.8 Å². The van der Waals surface area contributed by atoms with E-state index in [1.807, 2.05) is 43.7 Å². The van der Waals surface area contributed by atoms with E-state index < -0.39 is 0 Å². The van der Waals surface area contributed by atoms with E-state index in [0.29, 0.717) is 30.2 Å². The molecular formula is C17H22N8S. The Morgan fingerprint density at radius 3 is 2.46 bits per heavy atom. The van der Waals surface area contributed by atoms with Gasteiger partial charge in [0.15, 0.2) is 0 Å². The zero-order chi connectivity index (χ0) is 18.2. The highest BCUT2D eigenvalue weighted by atomic mass is 32.1. The van der Waals surface area contributed by atoms with Crippen LogP contribution in [0.4, 0.5) is 23.7 Å². The number of aromatic nitrogens is 4. The van der Waals surface area contributed by atoms with Gasteiger partial charge in [0, 0.05) is 24.2 Å². The minimum absolute atomic E-state index is 0.444. The second-order valence-electron chi connectivity index (χ2n) is 5.81. The van der Waals surface area contributed by atoms with Crippen LogP contribution in [0.2, 0.25) is 0 Å². The summed E-state index contributed by atoms with van der Waals surface area (Å²) in [6.45, 7) is 2.29. The molecule has 3 aromatic heterocycles. The summed E-state index contributed by atoms with van der Waals surface area (Å²) in [4.78, 5) is 20.9. The molecule has 8 nitrogen and oxygen atoms in total. The van der Waals surface area contributed by atoms with Crippen LogP contribution in [0.3, 0.4) is 0 Å². The van der Waals surface area contributed by atoms with E-state index in [4.69, 9.17) is 0 Å². The van der Waals surface area contributed by atoms with Crippen molar-refractivity contribution < 1.29 is 0 Å². The van der Waals surface area contributed by atoms with Gasteiger partial charge in [-0.1, -0.05) is 12.1 Å². The van der Waals surface area contributed by atoms with Gasteiger partial charge < -0.3 is 20.9 Å². The Labute approximate surface area is 156 Å². The van der Waals surface area contributed by atoms with Crippen molar-refractivity contribution in [2.75, 3.05) is 43.1 Å². The molecule has 9 heteroatoms. The summed E-state index contributed by atoms with van der Waals surface area (Å²) < 4.78 is 0. The maximum Gasteiger partial charge on any atom is 0.234 e. The van der Waals surface area contributed by atoms with Crippen LogP contribution in [0.1, 0.15) is 4.88 Å². The van der Waals surface area contributed by atoms with Crippen LogP contribution in [-0.4, -0.2) is 52.0 Å². The largest absolute Gasteiger partial charge is 0.353 e. The summed E-state index contributed by atoms with van der Waals surface area (Å²) in [7, 11) is 4.05. The number of rotatable bonds is 9. The molecule has 136 valence electrons. The summed E-state index contributed by atoms with van der Waals surface area (Å²) in [5.41, 5.74) is 0. The summed E-state index contributed by atoms with van der Waals surface area (Å²) in [5, 5.41) is 11.6. The van der Waals surface area contributed by atoms with Gasteiger partial charge in [0.05, 0.1) is 6.54 Å². The fraction of sp³-hybridized carbons (Fsp3) is 0.294. The molecule has 0 bridgehead atoms. The average molecular weight is 370 g/mol. The Kier molecular flexibility index (Phi) is 6.29. The molecule has 3 aromatic rings. The van der Waals surface area contributed by atoms with Gasteiger partial charge in [0.25, 0.3) is 0 Å². The van der Waals surface area contributed by atoms with Gasteiger partial charge in [-0.25, -0.2) is 4.98 Å². The third kappa shape index (κ3) is 5.64. The predicted molar refractivity (Wildman–Crippen MR) is 106 cm³/mol. The molecule has 3 N–H and O–H groups in total. The Morgan fingerprint density at radius 2 is 1.77 bits per heavy atom. The summed E-state index contributed by atoms with van der Waals surface area (Å²) in [6, 6.07) is 9.73. The second kappa shape index (κ2) is 9.07. The highest BCUT2D eigenvalue weighted by Gasteiger charge is 2.08. The highest BCUT2D eigenvalue weighted by molar-refractivity contribution is 7.09. The number of nitrogens with one attached hydrogen (secondary N) is 3. The third-order valence-corrected chi connectivity index (χ3v) is 4.26. The molecule has 0 saturated carbocycles. The van der Waals surface area contributed by atoms with E-state index in [2.05, 4.69) is 46.9 Å². The smallest absolute Gasteiger partial charge is 0.234 e. The topological polar surface area (TPSA) is 90.9 Å². The predicted octanol–water partition coefficient (Wildman–Crippen LogP) is 2.66. The molecule has 3 rings (SSSR count). The molecule has 0 spiro atoms. The maximum atomic E-state index is 4.45. The van der Waals surface area contributed by atoms with Crippen molar-refractivity contribution in [2.45, 2.75) is 6.54 Å². The van der Waals surface area contributed by atoms with Crippen LogP contribution >= 0.6 is 11.3 Å². The monoisotopic (exact) mass is 370 g/mol. The zero-order valence-electron chi connectivity index (χ0n) is 14.8. The molecule has 0 aliphatic rings. The van der Waals surface area contributed by atoms with Crippen molar-refractivity contribution in [1.29, 1.82) is 0 Å². The van der Waals surface area contributed by atoms with Crippen LogP contribution < -0.4 is 16.0 Å². The van der Waals surface area contributed by atoms with Crippen molar-refractivity contribution in [3.8, 4) is 0 Å². The molecule has 0 aliphatic heterocycles. The number of hydrogen-bond donors (Lipinski definition) is 3. The Bertz CT molecular complexity index is 792. The fourth-order valence-corrected chi connectivity index (χ4v) is 2.76. The third-order valence-electron chi connectivity index (χ3n) is 3.38. The fourth-order valence-electron chi connectivity index (χ4n) is 2.11. The van der Waals surface area contributed by atoms with Crippen molar-refractivity contribution in [2.24, 2.45) is 0 Å². The lowest BCUT2D eigenvalue weighted by Crippen LogP contribution is -2.22.